The van der Waals surface area contributed by atoms with E-state index in [0.29, 0.717) is 0 Å². The van der Waals surface area contributed by atoms with E-state index >= 15 is 0 Å². The molecule has 1 rings (SSSR count). The topological polar surface area (TPSA) is 98.2 Å². The molecule has 1 aromatic carbocycles. The third kappa shape index (κ3) is 3.64. The number of hydrogen-bond acceptors (Lipinski definition) is 5. The van der Waals surface area contributed by atoms with Crippen molar-refractivity contribution in [2.75, 3.05) is 35.3 Å². The summed E-state index contributed by atoms with van der Waals surface area (Å²) in [7, 11) is -3.12. The summed E-state index contributed by atoms with van der Waals surface area (Å²) in [4.78, 5) is 0. The first kappa shape index (κ1) is 13.9. The van der Waals surface area contributed by atoms with Gasteiger partial charge in [-0.05, 0) is 6.07 Å². The minimum Gasteiger partial charge on any atom is -0.397 e. The van der Waals surface area contributed by atoms with Crippen molar-refractivity contribution in [2.45, 2.75) is 0 Å². The van der Waals surface area contributed by atoms with Crippen LogP contribution in [0.1, 0.15) is 0 Å². The molecule has 5 N–H and O–H groups in total. The number of halogens is 2. The van der Waals surface area contributed by atoms with Gasteiger partial charge < -0.3 is 16.8 Å². The Morgan fingerprint density at radius 3 is 2.53 bits per heavy atom. The summed E-state index contributed by atoms with van der Waals surface area (Å²) >= 11 is 5.61. The van der Waals surface area contributed by atoms with Gasteiger partial charge in [0.25, 0.3) is 0 Å². The van der Waals surface area contributed by atoms with E-state index in [1.54, 1.807) is 0 Å². The van der Waals surface area contributed by atoms with Crippen LogP contribution >= 0.6 is 11.6 Å². The van der Waals surface area contributed by atoms with E-state index in [4.69, 9.17) is 23.1 Å². The predicted octanol–water partition coefficient (Wildman–Crippen LogP) is 1.10. The summed E-state index contributed by atoms with van der Waals surface area (Å²) < 4.78 is 35.4. The van der Waals surface area contributed by atoms with Gasteiger partial charge in [-0.15, -0.1) is 0 Å². The maximum atomic E-state index is 13.6. The third-order valence-corrected chi connectivity index (χ3v) is 3.37. The smallest absolute Gasteiger partial charge is 0.169 e. The largest absolute Gasteiger partial charge is 0.397 e. The fraction of sp³-hybridized carbons (Fsp3) is 0.333. The Labute approximate surface area is 104 Å². The number of benzene rings is 1. The number of anilines is 3. The summed E-state index contributed by atoms with van der Waals surface area (Å²) in [6.45, 7) is 0.0419. The lowest BCUT2D eigenvalue weighted by Crippen LogP contribution is -2.16. The van der Waals surface area contributed by atoms with Crippen molar-refractivity contribution < 1.29 is 12.8 Å². The molecular weight excluding hydrogens is 269 g/mol. The zero-order valence-electron chi connectivity index (χ0n) is 9.13. The molecule has 0 aliphatic rings. The van der Waals surface area contributed by atoms with Gasteiger partial charge in [-0.3, -0.25) is 0 Å². The highest BCUT2D eigenvalue weighted by molar-refractivity contribution is 7.90. The van der Waals surface area contributed by atoms with E-state index < -0.39 is 15.7 Å². The molecule has 0 unspecified atom stereocenters. The minimum absolute atomic E-state index is 0.0344. The lowest BCUT2D eigenvalue weighted by Gasteiger charge is -2.12. The number of hydrogen-bond donors (Lipinski definition) is 3. The van der Waals surface area contributed by atoms with Crippen LogP contribution in [-0.2, 0) is 9.84 Å². The van der Waals surface area contributed by atoms with E-state index in [1.807, 2.05) is 0 Å². The second-order valence-electron chi connectivity index (χ2n) is 3.61. The van der Waals surface area contributed by atoms with Crippen LogP contribution in [0.3, 0.4) is 0 Å². The Hall–Kier alpha value is -1.21. The molecular formula is C9H13ClFN3O2S. The molecule has 8 heteroatoms. The molecule has 0 aliphatic carbocycles. The first-order chi connectivity index (χ1) is 7.72. The summed E-state index contributed by atoms with van der Waals surface area (Å²) in [6.07, 6.45) is 1.09. The van der Waals surface area contributed by atoms with Gasteiger partial charge in [0.2, 0.25) is 0 Å². The van der Waals surface area contributed by atoms with Crippen LogP contribution in [0.5, 0.6) is 0 Å². The SMILES string of the molecule is CS(=O)(=O)CCNc1c(N)cc(N)c(Cl)c1F. The monoisotopic (exact) mass is 281 g/mol. The summed E-state index contributed by atoms with van der Waals surface area (Å²) in [5, 5.41) is 2.35. The van der Waals surface area contributed by atoms with E-state index in [1.165, 1.54) is 6.07 Å². The van der Waals surface area contributed by atoms with Crippen molar-refractivity contribution >= 4 is 38.5 Å². The van der Waals surface area contributed by atoms with Crippen LogP contribution in [0.2, 0.25) is 5.02 Å². The zero-order chi connectivity index (χ0) is 13.2. The molecule has 0 bridgehead atoms. The van der Waals surface area contributed by atoms with E-state index in [-0.39, 0.29) is 34.4 Å². The standard InChI is InChI=1S/C9H13ClFN3O2S/c1-17(15,16)3-2-14-9-6(13)4-5(12)7(10)8(9)11/h4,14H,2-3,12-13H2,1H3. The van der Waals surface area contributed by atoms with E-state index in [2.05, 4.69) is 5.32 Å². The lowest BCUT2D eigenvalue weighted by molar-refractivity contribution is 0.601. The average molecular weight is 282 g/mol. The first-order valence-electron chi connectivity index (χ1n) is 4.67. The van der Waals surface area contributed by atoms with Gasteiger partial charge in [-0.25, -0.2) is 12.8 Å². The van der Waals surface area contributed by atoms with E-state index in [9.17, 15) is 12.8 Å². The Balaban J connectivity index is 2.89. The molecule has 0 atom stereocenters. The fourth-order valence-electron chi connectivity index (χ4n) is 1.21. The predicted molar refractivity (Wildman–Crippen MR) is 68.4 cm³/mol. The van der Waals surface area contributed by atoms with Crippen molar-refractivity contribution in [3.8, 4) is 0 Å². The molecule has 0 amide bonds. The van der Waals surface area contributed by atoms with Gasteiger partial charge in [-0.2, -0.15) is 0 Å². The van der Waals surface area contributed by atoms with Crippen LogP contribution in [-0.4, -0.2) is 27.0 Å². The highest BCUT2D eigenvalue weighted by Gasteiger charge is 2.14. The summed E-state index contributed by atoms with van der Waals surface area (Å²) in [6, 6.07) is 1.31. The van der Waals surface area contributed by atoms with Crippen LogP contribution in [0.25, 0.3) is 0 Å². The molecule has 1 aromatic rings. The van der Waals surface area contributed by atoms with Gasteiger partial charge in [-0.1, -0.05) is 11.6 Å². The van der Waals surface area contributed by atoms with E-state index in [0.717, 1.165) is 6.26 Å². The molecule has 0 heterocycles. The molecule has 0 aliphatic heterocycles. The molecule has 0 fully saturated rings. The quantitative estimate of drug-likeness (QED) is 0.718. The lowest BCUT2D eigenvalue weighted by atomic mass is 10.2. The highest BCUT2D eigenvalue weighted by Crippen LogP contribution is 2.33. The van der Waals surface area contributed by atoms with Crippen LogP contribution < -0.4 is 16.8 Å². The molecule has 0 aromatic heterocycles. The number of rotatable bonds is 4. The van der Waals surface area contributed by atoms with Crippen molar-refractivity contribution in [3.05, 3.63) is 16.9 Å². The minimum atomic E-state index is -3.12. The highest BCUT2D eigenvalue weighted by atomic mass is 35.5. The maximum Gasteiger partial charge on any atom is 0.169 e. The first-order valence-corrected chi connectivity index (χ1v) is 7.10. The fourth-order valence-corrected chi connectivity index (χ4v) is 1.83. The molecule has 0 saturated heterocycles. The number of nitrogens with one attached hydrogen (secondary N) is 1. The van der Waals surface area contributed by atoms with Gasteiger partial charge in [0.05, 0.1) is 22.8 Å². The summed E-state index contributed by atoms with van der Waals surface area (Å²) in [5.41, 5.74) is 11.0. The van der Waals surface area contributed by atoms with Gasteiger partial charge >= 0.3 is 0 Å². The van der Waals surface area contributed by atoms with Crippen molar-refractivity contribution in [2.24, 2.45) is 0 Å². The number of nitrogen functional groups attached to an aromatic ring is 2. The Bertz CT molecular complexity index is 534. The van der Waals surface area contributed by atoms with Crippen LogP contribution in [0.4, 0.5) is 21.5 Å². The molecule has 5 nitrogen and oxygen atoms in total. The van der Waals surface area contributed by atoms with Crippen molar-refractivity contribution in [3.63, 3.8) is 0 Å². The van der Waals surface area contributed by atoms with Crippen LogP contribution in [0.15, 0.2) is 6.07 Å². The molecule has 17 heavy (non-hydrogen) atoms. The number of sulfone groups is 1. The molecule has 0 radical (unpaired) electrons. The molecule has 0 saturated carbocycles. The molecule has 96 valence electrons. The maximum absolute atomic E-state index is 13.6. The Kier molecular flexibility index (Phi) is 4.05. The van der Waals surface area contributed by atoms with Gasteiger partial charge in [0, 0.05) is 12.8 Å². The third-order valence-electron chi connectivity index (χ3n) is 2.04. The Morgan fingerprint density at radius 2 is 2.00 bits per heavy atom. The second kappa shape index (κ2) is 4.97. The average Bonchev–Trinajstić information content (AvgIpc) is 2.18. The Morgan fingerprint density at radius 1 is 1.41 bits per heavy atom. The van der Waals surface area contributed by atoms with Crippen LogP contribution in [0, 0.1) is 5.82 Å². The van der Waals surface area contributed by atoms with Gasteiger partial charge in [0.15, 0.2) is 5.82 Å². The van der Waals surface area contributed by atoms with Gasteiger partial charge in [0.1, 0.15) is 14.9 Å². The second-order valence-corrected chi connectivity index (χ2v) is 6.25. The molecule has 0 spiro atoms. The zero-order valence-corrected chi connectivity index (χ0v) is 10.7. The van der Waals surface area contributed by atoms with Crippen molar-refractivity contribution in [1.29, 1.82) is 0 Å². The van der Waals surface area contributed by atoms with Crippen molar-refractivity contribution in [1.82, 2.24) is 0 Å². The number of nitrogens with two attached hydrogens (primary N) is 2. The normalized spacial score (nSPS) is 11.5. The summed E-state index contributed by atoms with van der Waals surface area (Å²) in [5.74, 6) is -0.911.